The Morgan fingerprint density at radius 3 is 2.82 bits per heavy atom. The summed E-state index contributed by atoms with van der Waals surface area (Å²) in [5.41, 5.74) is 1.09. The lowest BCUT2D eigenvalue weighted by Gasteiger charge is -2.08. The zero-order valence-corrected chi connectivity index (χ0v) is 10.1. The first kappa shape index (κ1) is 12.1. The van der Waals surface area contributed by atoms with Gasteiger partial charge in [-0.25, -0.2) is 0 Å². The summed E-state index contributed by atoms with van der Waals surface area (Å²) in [6, 6.07) is 9.98. The van der Waals surface area contributed by atoms with Crippen LogP contribution < -0.4 is 5.32 Å². The first-order chi connectivity index (χ1) is 8.36. The molecule has 1 saturated heterocycles. The minimum atomic E-state index is 0.213. The monoisotopic (exact) mass is 229 g/mol. The van der Waals surface area contributed by atoms with E-state index in [1.54, 1.807) is 6.08 Å². The van der Waals surface area contributed by atoms with Crippen LogP contribution in [-0.4, -0.2) is 18.9 Å². The van der Waals surface area contributed by atoms with Gasteiger partial charge in [0.25, 0.3) is 0 Å². The van der Waals surface area contributed by atoms with Gasteiger partial charge in [-0.1, -0.05) is 36.4 Å². The van der Waals surface area contributed by atoms with E-state index in [0.29, 0.717) is 0 Å². The number of rotatable bonds is 3. The molecule has 2 nitrogen and oxygen atoms in total. The van der Waals surface area contributed by atoms with Gasteiger partial charge in [-0.3, -0.25) is 4.79 Å². The van der Waals surface area contributed by atoms with Gasteiger partial charge >= 0.3 is 0 Å². The van der Waals surface area contributed by atoms with Crippen LogP contribution in [0.2, 0.25) is 0 Å². The Morgan fingerprint density at radius 1 is 1.18 bits per heavy atom. The molecule has 0 bridgehead atoms. The predicted octanol–water partition coefficient (Wildman–Crippen LogP) is 2.66. The summed E-state index contributed by atoms with van der Waals surface area (Å²) >= 11 is 0. The van der Waals surface area contributed by atoms with Gasteiger partial charge in [0.15, 0.2) is 5.78 Å². The second kappa shape index (κ2) is 6.36. The van der Waals surface area contributed by atoms with E-state index in [9.17, 15) is 4.79 Å². The molecule has 1 fully saturated rings. The molecular formula is C15H19NO. The molecule has 0 aliphatic carbocycles. The van der Waals surface area contributed by atoms with Crippen LogP contribution in [0, 0.1) is 5.92 Å². The molecule has 0 spiro atoms. The highest BCUT2D eigenvalue weighted by atomic mass is 16.1. The van der Waals surface area contributed by atoms with Crippen molar-refractivity contribution >= 4 is 11.9 Å². The number of carbonyl (C=O) groups is 1. The standard InChI is InChI=1S/C15H19NO/c17-15(14-7-4-11-16-12-10-14)9-8-13-5-2-1-3-6-13/h1-3,5-6,8-9,14,16H,4,7,10-12H2/b9-8+/t14-/m1/s1. The lowest BCUT2D eigenvalue weighted by molar-refractivity contribution is -0.118. The minimum Gasteiger partial charge on any atom is -0.317 e. The van der Waals surface area contributed by atoms with E-state index in [2.05, 4.69) is 5.32 Å². The Morgan fingerprint density at radius 2 is 2.00 bits per heavy atom. The van der Waals surface area contributed by atoms with E-state index < -0.39 is 0 Å². The van der Waals surface area contributed by atoms with Crippen molar-refractivity contribution in [3.8, 4) is 0 Å². The number of ketones is 1. The third-order valence-corrected chi connectivity index (χ3v) is 3.22. The number of hydrogen-bond acceptors (Lipinski definition) is 2. The average molecular weight is 229 g/mol. The molecule has 1 aliphatic heterocycles. The summed E-state index contributed by atoms with van der Waals surface area (Å²) in [6.45, 7) is 2.02. The summed E-state index contributed by atoms with van der Waals surface area (Å²) in [5, 5.41) is 3.33. The number of nitrogens with one attached hydrogen (secondary N) is 1. The predicted molar refractivity (Wildman–Crippen MR) is 70.7 cm³/mol. The van der Waals surface area contributed by atoms with E-state index in [1.807, 2.05) is 36.4 Å². The zero-order valence-electron chi connectivity index (χ0n) is 10.1. The Bertz CT molecular complexity index is 375. The van der Waals surface area contributed by atoms with Gasteiger partial charge in [0.1, 0.15) is 0 Å². The summed E-state index contributed by atoms with van der Waals surface area (Å²) in [6.07, 6.45) is 6.75. The van der Waals surface area contributed by atoms with E-state index in [-0.39, 0.29) is 11.7 Å². The van der Waals surface area contributed by atoms with Gasteiger partial charge < -0.3 is 5.32 Å². The topological polar surface area (TPSA) is 29.1 Å². The molecule has 1 heterocycles. The second-order valence-corrected chi connectivity index (χ2v) is 4.52. The Hall–Kier alpha value is -1.41. The Balaban J connectivity index is 1.94. The van der Waals surface area contributed by atoms with Crippen LogP contribution in [-0.2, 0) is 4.79 Å². The minimum absolute atomic E-state index is 0.213. The Kier molecular flexibility index (Phi) is 4.51. The Labute approximate surface area is 103 Å². The molecule has 1 atom stereocenters. The number of hydrogen-bond donors (Lipinski definition) is 1. The van der Waals surface area contributed by atoms with Crippen LogP contribution >= 0.6 is 0 Å². The van der Waals surface area contributed by atoms with Crippen molar-refractivity contribution in [2.45, 2.75) is 19.3 Å². The quantitative estimate of drug-likeness (QED) is 0.807. The van der Waals surface area contributed by atoms with Crippen molar-refractivity contribution < 1.29 is 4.79 Å². The smallest absolute Gasteiger partial charge is 0.158 e. The maximum absolute atomic E-state index is 12.0. The van der Waals surface area contributed by atoms with Crippen molar-refractivity contribution in [2.75, 3.05) is 13.1 Å². The molecule has 0 aromatic heterocycles. The van der Waals surface area contributed by atoms with Crippen molar-refractivity contribution in [2.24, 2.45) is 5.92 Å². The summed E-state index contributed by atoms with van der Waals surface area (Å²) in [4.78, 5) is 12.0. The van der Waals surface area contributed by atoms with E-state index in [4.69, 9.17) is 0 Å². The third kappa shape index (κ3) is 3.82. The largest absolute Gasteiger partial charge is 0.317 e. The van der Waals surface area contributed by atoms with Crippen molar-refractivity contribution in [3.05, 3.63) is 42.0 Å². The summed E-state index contributed by atoms with van der Waals surface area (Å²) in [7, 11) is 0. The highest BCUT2D eigenvalue weighted by Crippen LogP contribution is 2.15. The number of allylic oxidation sites excluding steroid dienone is 1. The van der Waals surface area contributed by atoms with Crippen molar-refractivity contribution in [1.82, 2.24) is 5.32 Å². The van der Waals surface area contributed by atoms with Crippen LogP contribution in [0.25, 0.3) is 6.08 Å². The maximum Gasteiger partial charge on any atom is 0.158 e. The summed E-state index contributed by atoms with van der Waals surface area (Å²) in [5.74, 6) is 0.488. The molecule has 0 radical (unpaired) electrons. The molecule has 1 aliphatic rings. The molecule has 2 rings (SSSR count). The van der Waals surface area contributed by atoms with Crippen LogP contribution in [0.1, 0.15) is 24.8 Å². The van der Waals surface area contributed by atoms with Crippen LogP contribution in [0.4, 0.5) is 0 Å². The fourth-order valence-corrected chi connectivity index (χ4v) is 2.18. The lowest BCUT2D eigenvalue weighted by Crippen LogP contribution is -2.16. The molecule has 17 heavy (non-hydrogen) atoms. The number of carbonyl (C=O) groups excluding carboxylic acids is 1. The highest BCUT2D eigenvalue weighted by Gasteiger charge is 2.17. The van der Waals surface area contributed by atoms with Crippen molar-refractivity contribution in [3.63, 3.8) is 0 Å². The SMILES string of the molecule is O=C(/C=C/c1ccccc1)[C@@H]1CCCNCC1. The normalized spacial score (nSPS) is 21.3. The molecule has 0 amide bonds. The second-order valence-electron chi connectivity index (χ2n) is 4.52. The molecular weight excluding hydrogens is 210 g/mol. The third-order valence-electron chi connectivity index (χ3n) is 3.22. The van der Waals surface area contributed by atoms with Gasteiger partial charge in [-0.2, -0.15) is 0 Å². The first-order valence-electron chi connectivity index (χ1n) is 6.34. The summed E-state index contributed by atoms with van der Waals surface area (Å²) < 4.78 is 0. The molecule has 0 saturated carbocycles. The van der Waals surface area contributed by atoms with Crippen LogP contribution in [0.5, 0.6) is 0 Å². The fourth-order valence-electron chi connectivity index (χ4n) is 2.18. The molecule has 0 unspecified atom stereocenters. The molecule has 2 heteroatoms. The van der Waals surface area contributed by atoms with E-state index in [0.717, 1.165) is 37.9 Å². The van der Waals surface area contributed by atoms with Gasteiger partial charge in [-0.15, -0.1) is 0 Å². The zero-order chi connectivity index (χ0) is 11.9. The molecule has 1 aromatic carbocycles. The van der Waals surface area contributed by atoms with Crippen LogP contribution in [0.15, 0.2) is 36.4 Å². The van der Waals surface area contributed by atoms with E-state index in [1.165, 1.54) is 0 Å². The molecule has 90 valence electrons. The number of benzene rings is 1. The molecule has 1 N–H and O–H groups in total. The van der Waals surface area contributed by atoms with Gasteiger partial charge in [0.2, 0.25) is 0 Å². The average Bonchev–Trinajstić information content (AvgIpc) is 2.66. The fraction of sp³-hybridized carbons (Fsp3) is 0.400. The van der Waals surface area contributed by atoms with Crippen LogP contribution in [0.3, 0.4) is 0 Å². The van der Waals surface area contributed by atoms with Gasteiger partial charge in [-0.05, 0) is 44.0 Å². The van der Waals surface area contributed by atoms with Gasteiger partial charge in [0, 0.05) is 5.92 Å². The van der Waals surface area contributed by atoms with Crippen molar-refractivity contribution in [1.29, 1.82) is 0 Å². The maximum atomic E-state index is 12.0. The first-order valence-corrected chi connectivity index (χ1v) is 6.34. The lowest BCUT2D eigenvalue weighted by atomic mass is 9.95. The highest BCUT2D eigenvalue weighted by molar-refractivity contribution is 5.95. The van der Waals surface area contributed by atoms with Gasteiger partial charge in [0.05, 0.1) is 0 Å². The molecule has 1 aromatic rings. The van der Waals surface area contributed by atoms with E-state index >= 15 is 0 Å².